The molecule has 2 aromatic rings. The first-order valence-corrected chi connectivity index (χ1v) is 8.81. The second-order valence-electron chi connectivity index (χ2n) is 5.66. The molecule has 2 heterocycles. The summed E-state index contributed by atoms with van der Waals surface area (Å²) in [7, 11) is 0. The van der Waals surface area contributed by atoms with Gasteiger partial charge in [-0.1, -0.05) is 25.1 Å². The molecule has 0 radical (unpaired) electrons. The Labute approximate surface area is 136 Å². The van der Waals surface area contributed by atoms with E-state index < -0.39 is 0 Å². The van der Waals surface area contributed by atoms with Crippen molar-refractivity contribution in [3.8, 4) is 0 Å². The zero-order valence-corrected chi connectivity index (χ0v) is 13.7. The predicted molar refractivity (Wildman–Crippen MR) is 92.3 cm³/mol. The molecule has 1 aromatic carbocycles. The van der Waals surface area contributed by atoms with Gasteiger partial charge in [0.15, 0.2) is 0 Å². The molecule has 1 unspecified atom stereocenters. The number of hydrogen-bond donors (Lipinski definition) is 1. The fourth-order valence-corrected chi connectivity index (χ4v) is 3.85. The summed E-state index contributed by atoms with van der Waals surface area (Å²) in [5.41, 5.74) is 2.33. The normalized spacial score (nSPS) is 17.7. The molecule has 0 bridgehead atoms. The average molecular weight is 314 g/mol. The first-order chi connectivity index (χ1) is 10.8. The number of anilines is 1. The lowest BCUT2D eigenvalue weighted by Gasteiger charge is -2.24. The quantitative estimate of drug-likeness (QED) is 0.901. The van der Waals surface area contributed by atoms with Gasteiger partial charge in [-0.05, 0) is 48.4 Å². The number of carbonyl (C=O) groups is 1. The van der Waals surface area contributed by atoms with Crippen LogP contribution in [-0.4, -0.2) is 23.9 Å². The maximum Gasteiger partial charge on any atom is 0.242 e. The van der Waals surface area contributed by atoms with Gasteiger partial charge >= 0.3 is 0 Å². The molecule has 0 saturated carbocycles. The van der Waals surface area contributed by atoms with Crippen molar-refractivity contribution in [2.24, 2.45) is 0 Å². The largest absolute Gasteiger partial charge is 0.376 e. The fraction of sp³-hybridized carbons (Fsp3) is 0.389. The van der Waals surface area contributed by atoms with Crippen LogP contribution in [0.4, 0.5) is 5.69 Å². The summed E-state index contributed by atoms with van der Waals surface area (Å²) < 4.78 is 0. The molecule has 1 aromatic heterocycles. The summed E-state index contributed by atoms with van der Waals surface area (Å²) in [6, 6.07) is 12.8. The van der Waals surface area contributed by atoms with Crippen LogP contribution in [0.3, 0.4) is 0 Å². The molecule has 1 amide bonds. The minimum absolute atomic E-state index is 0.190. The predicted octanol–water partition coefficient (Wildman–Crippen LogP) is 4.09. The first-order valence-electron chi connectivity index (χ1n) is 7.93. The van der Waals surface area contributed by atoms with Crippen LogP contribution in [0.1, 0.15) is 36.2 Å². The smallest absolute Gasteiger partial charge is 0.242 e. The number of likely N-dealkylation sites (tertiary alicyclic amines) is 1. The maximum atomic E-state index is 12.5. The van der Waals surface area contributed by atoms with E-state index in [4.69, 9.17) is 0 Å². The topological polar surface area (TPSA) is 32.3 Å². The molecule has 0 aliphatic carbocycles. The van der Waals surface area contributed by atoms with E-state index in [1.165, 1.54) is 10.4 Å². The van der Waals surface area contributed by atoms with E-state index in [2.05, 4.69) is 41.9 Å². The Kier molecular flexibility index (Phi) is 4.78. The third-order valence-electron chi connectivity index (χ3n) is 4.25. The SMILES string of the molecule is CCc1ccc(NCC(=O)N2CCCC2c2cccs2)cc1. The first kappa shape index (κ1) is 15.1. The summed E-state index contributed by atoms with van der Waals surface area (Å²) in [5.74, 6) is 0.190. The van der Waals surface area contributed by atoms with Crippen molar-refractivity contribution in [1.82, 2.24) is 4.90 Å². The van der Waals surface area contributed by atoms with Crippen LogP contribution in [-0.2, 0) is 11.2 Å². The lowest BCUT2D eigenvalue weighted by atomic mass is 10.1. The highest BCUT2D eigenvalue weighted by Gasteiger charge is 2.30. The summed E-state index contributed by atoms with van der Waals surface area (Å²) in [6.07, 6.45) is 3.21. The summed E-state index contributed by atoms with van der Waals surface area (Å²) in [4.78, 5) is 15.8. The Hall–Kier alpha value is -1.81. The van der Waals surface area contributed by atoms with Crippen molar-refractivity contribution in [3.63, 3.8) is 0 Å². The van der Waals surface area contributed by atoms with Crippen molar-refractivity contribution >= 4 is 22.9 Å². The van der Waals surface area contributed by atoms with Crippen LogP contribution in [0.2, 0.25) is 0 Å². The Bertz CT molecular complexity index is 607. The van der Waals surface area contributed by atoms with Gasteiger partial charge in [-0.2, -0.15) is 0 Å². The van der Waals surface area contributed by atoms with Crippen molar-refractivity contribution in [2.45, 2.75) is 32.2 Å². The molecule has 4 heteroatoms. The molecule has 3 rings (SSSR count). The Morgan fingerprint density at radius 1 is 1.32 bits per heavy atom. The van der Waals surface area contributed by atoms with Gasteiger partial charge in [0.05, 0.1) is 12.6 Å². The van der Waals surface area contributed by atoms with E-state index in [0.29, 0.717) is 6.54 Å². The highest BCUT2D eigenvalue weighted by molar-refractivity contribution is 7.10. The third-order valence-corrected chi connectivity index (χ3v) is 5.22. The summed E-state index contributed by atoms with van der Waals surface area (Å²) >= 11 is 1.75. The summed E-state index contributed by atoms with van der Waals surface area (Å²) in [5, 5.41) is 5.34. The molecule has 1 saturated heterocycles. The summed E-state index contributed by atoms with van der Waals surface area (Å²) in [6.45, 7) is 3.38. The van der Waals surface area contributed by atoms with E-state index in [1.54, 1.807) is 11.3 Å². The minimum Gasteiger partial charge on any atom is -0.376 e. The van der Waals surface area contributed by atoms with Gasteiger partial charge < -0.3 is 10.2 Å². The second kappa shape index (κ2) is 6.97. The van der Waals surface area contributed by atoms with Crippen LogP contribution in [0, 0.1) is 0 Å². The standard InChI is InChI=1S/C18H22N2OS/c1-2-14-7-9-15(10-8-14)19-13-18(21)20-11-3-5-16(20)17-6-4-12-22-17/h4,6-10,12,16,19H,2-3,5,11,13H2,1H3. The second-order valence-corrected chi connectivity index (χ2v) is 6.64. The number of rotatable bonds is 5. The van der Waals surface area contributed by atoms with Crippen LogP contribution < -0.4 is 5.32 Å². The number of aryl methyl sites for hydroxylation is 1. The molecule has 116 valence electrons. The van der Waals surface area contributed by atoms with Gasteiger partial charge in [-0.25, -0.2) is 0 Å². The zero-order valence-electron chi connectivity index (χ0n) is 12.9. The maximum absolute atomic E-state index is 12.5. The van der Waals surface area contributed by atoms with Crippen molar-refractivity contribution in [1.29, 1.82) is 0 Å². The van der Waals surface area contributed by atoms with Gasteiger partial charge in [-0.3, -0.25) is 4.79 Å². The van der Waals surface area contributed by atoms with E-state index in [-0.39, 0.29) is 11.9 Å². The van der Waals surface area contributed by atoms with E-state index in [9.17, 15) is 4.79 Å². The van der Waals surface area contributed by atoms with Crippen LogP contribution in [0.5, 0.6) is 0 Å². The molecular weight excluding hydrogens is 292 g/mol. The molecule has 1 N–H and O–H groups in total. The highest BCUT2D eigenvalue weighted by atomic mass is 32.1. The van der Waals surface area contributed by atoms with Crippen LogP contribution in [0.15, 0.2) is 41.8 Å². The zero-order chi connectivity index (χ0) is 15.4. The van der Waals surface area contributed by atoms with Gasteiger partial charge in [0.1, 0.15) is 0 Å². The highest BCUT2D eigenvalue weighted by Crippen LogP contribution is 2.34. The number of nitrogens with zero attached hydrogens (tertiary/aromatic N) is 1. The molecule has 0 spiro atoms. The Balaban J connectivity index is 1.59. The Morgan fingerprint density at radius 3 is 2.82 bits per heavy atom. The molecule has 1 atom stereocenters. The lowest BCUT2D eigenvalue weighted by molar-refractivity contribution is -0.130. The van der Waals surface area contributed by atoms with Gasteiger partial charge in [-0.15, -0.1) is 11.3 Å². The number of thiophene rings is 1. The molecule has 22 heavy (non-hydrogen) atoms. The van der Waals surface area contributed by atoms with E-state index in [0.717, 1.165) is 31.5 Å². The molecule has 1 fully saturated rings. The van der Waals surface area contributed by atoms with Crippen LogP contribution >= 0.6 is 11.3 Å². The van der Waals surface area contributed by atoms with Gasteiger partial charge in [0.2, 0.25) is 5.91 Å². The van der Waals surface area contributed by atoms with Crippen molar-refractivity contribution in [3.05, 3.63) is 52.2 Å². The number of benzene rings is 1. The number of amides is 1. The van der Waals surface area contributed by atoms with Gasteiger partial charge in [0.25, 0.3) is 0 Å². The van der Waals surface area contributed by atoms with E-state index >= 15 is 0 Å². The fourth-order valence-electron chi connectivity index (χ4n) is 2.98. The monoisotopic (exact) mass is 314 g/mol. The molecule has 1 aliphatic rings. The Morgan fingerprint density at radius 2 is 2.14 bits per heavy atom. The van der Waals surface area contributed by atoms with E-state index in [1.807, 2.05) is 17.0 Å². The van der Waals surface area contributed by atoms with Crippen molar-refractivity contribution in [2.75, 3.05) is 18.4 Å². The lowest BCUT2D eigenvalue weighted by Crippen LogP contribution is -2.34. The van der Waals surface area contributed by atoms with Crippen molar-refractivity contribution < 1.29 is 4.79 Å². The van der Waals surface area contributed by atoms with Gasteiger partial charge in [0, 0.05) is 17.1 Å². The third kappa shape index (κ3) is 3.33. The average Bonchev–Trinajstić information content (AvgIpc) is 3.23. The molecule has 3 nitrogen and oxygen atoms in total. The minimum atomic E-state index is 0.190. The number of hydrogen-bond acceptors (Lipinski definition) is 3. The van der Waals surface area contributed by atoms with Crippen LogP contribution in [0.25, 0.3) is 0 Å². The molecule has 1 aliphatic heterocycles. The number of carbonyl (C=O) groups excluding carboxylic acids is 1. The molecular formula is C18H22N2OS. The number of nitrogens with one attached hydrogen (secondary N) is 1.